The second kappa shape index (κ2) is 4.95. The Balaban J connectivity index is 3.75. The van der Waals surface area contributed by atoms with Gasteiger partial charge < -0.3 is 24.5 Å². The van der Waals surface area contributed by atoms with Gasteiger partial charge in [-0.1, -0.05) is 0 Å². The molecule has 0 fully saturated rings. The first-order valence-electron chi connectivity index (χ1n) is 3.04. The number of hydrogen-bond donors (Lipinski definition) is 2. The molecule has 0 bridgehead atoms. The number of hydrogen-bond acceptors (Lipinski definition) is 5. The standard InChI is InChI=1S/C6H10O5/c1-4(2-7)11-6(10)5(9)3-8/h2-6,9-10H,1H3. The Morgan fingerprint density at radius 3 is 2.18 bits per heavy atom. The van der Waals surface area contributed by atoms with Crippen molar-refractivity contribution in [3.05, 3.63) is 0 Å². The molecule has 5 nitrogen and oxygen atoms in total. The summed E-state index contributed by atoms with van der Waals surface area (Å²) in [6, 6.07) is 0. The zero-order chi connectivity index (χ0) is 8.85. The molecule has 64 valence electrons. The summed E-state index contributed by atoms with van der Waals surface area (Å²) in [6.07, 6.45) is -3.49. The van der Waals surface area contributed by atoms with Crippen molar-refractivity contribution < 1.29 is 24.5 Å². The Labute approximate surface area is 63.6 Å². The van der Waals surface area contributed by atoms with Crippen molar-refractivity contribution in [3.8, 4) is 0 Å². The Kier molecular flexibility index (Phi) is 4.60. The Morgan fingerprint density at radius 2 is 1.82 bits per heavy atom. The average Bonchev–Trinajstić information content (AvgIpc) is 2.02. The molecule has 0 rings (SSSR count). The van der Waals surface area contributed by atoms with E-state index in [1.165, 1.54) is 6.92 Å². The van der Waals surface area contributed by atoms with E-state index in [0.29, 0.717) is 6.29 Å². The molecule has 0 aromatic rings. The molecule has 0 heterocycles. The lowest BCUT2D eigenvalue weighted by Gasteiger charge is -2.14. The van der Waals surface area contributed by atoms with Crippen molar-refractivity contribution in [1.82, 2.24) is 0 Å². The molecule has 0 aliphatic rings. The highest BCUT2D eigenvalue weighted by Crippen LogP contribution is 1.96. The van der Waals surface area contributed by atoms with Crippen LogP contribution in [0.15, 0.2) is 0 Å². The van der Waals surface area contributed by atoms with Gasteiger partial charge in [0.25, 0.3) is 0 Å². The van der Waals surface area contributed by atoms with Gasteiger partial charge in [-0.25, -0.2) is 0 Å². The minimum absolute atomic E-state index is 0.127. The quantitative estimate of drug-likeness (QED) is 0.378. The molecule has 0 aromatic carbocycles. The van der Waals surface area contributed by atoms with Gasteiger partial charge >= 0.3 is 0 Å². The maximum Gasteiger partial charge on any atom is 0.188 e. The van der Waals surface area contributed by atoms with Crippen LogP contribution in [0.25, 0.3) is 0 Å². The van der Waals surface area contributed by atoms with E-state index in [1.54, 1.807) is 0 Å². The lowest BCUT2D eigenvalue weighted by Crippen LogP contribution is -2.33. The molecule has 0 saturated heterocycles. The fraction of sp³-hybridized carbons (Fsp3) is 0.667. The largest absolute Gasteiger partial charge is 0.380 e. The van der Waals surface area contributed by atoms with Crippen LogP contribution < -0.4 is 0 Å². The molecule has 0 aromatic heterocycles. The molecule has 5 heteroatoms. The average molecular weight is 162 g/mol. The van der Waals surface area contributed by atoms with E-state index in [0.717, 1.165) is 0 Å². The Bertz CT molecular complexity index is 135. The van der Waals surface area contributed by atoms with Gasteiger partial charge in [-0.3, -0.25) is 0 Å². The van der Waals surface area contributed by atoms with Crippen LogP contribution in [0.1, 0.15) is 6.92 Å². The SMILES string of the molecule is CC(C=O)OC(O)C(O)C=O. The van der Waals surface area contributed by atoms with Crippen LogP contribution in [-0.4, -0.2) is 41.3 Å². The predicted octanol–water partition coefficient (Wildman–Crippen LogP) is -1.53. The summed E-state index contributed by atoms with van der Waals surface area (Å²) in [7, 11) is 0. The number of aldehydes is 2. The van der Waals surface area contributed by atoms with Gasteiger partial charge in [0.2, 0.25) is 0 Å². The molecule has 0 spiro atoms. The van der Waals surface area contributed by atoms with Crippen LogP contribution in [0.3, 0.4) is 0 Å². The Hall–Kier alpha value is -0.780. The van der Waals surface area contributed by atoms with Gasteiger partial charge in [0.05, 0.1) is 0 Å². The van der Waals surface area contributed by atoms with Crippen molar-refractivity contribution >= 4 is 12.6 Å². The number of aliphatic hydroxyl groups is 2. The van der Waals surface area contributed by atoms with E-state index >= 15 is 0 Å². The monoisotopic (exact) mass is 162 g/mol. The van der Waals surface area contributed by atoms with Gasteiger partial charge in [-0.05, 0) is 6.92 Å². The van der Waals surface area contributed by atoms with Gasteiger partial charge in [0.1, 0.15) is 12.4 Å². The van der Waals surface area contributed by atoms with E-state index in [9.17, 15) is 9.59 Å². The maximum absolute atomic E-state index is 9.95. The highest BCUT2D eigenvalue weighted by Gasteiger charge is 2.17. The molecule has 0 saturated carbocycles. The van der Waals surface area contributed by atoms with Gasteiger partial charge in [0, 0.05) is 0 Å². The minimum atomic E-state index is -1.63. The first kappa shape index (κ1) is 10.2. The normalized spacial score (nSPS) is 18.5. The van der Waals surface area contributed by atoms with Crippen molar-refractivity contribution in [2.24, 2.45) is 0 Å². The lowest BCUT2D eigenvalue weighted by atomic mass is 10.4. The Morgan fingerprint density at radius 1 is 1.27 bits per heavy atom. The fourth-order valence-electron chi connectivity index (χ4n) is 0.400. The van der Waals surface area contributed by atoms with Crippen LogP contribution in [0.2, 0.25) is 0 Å². The van der Waals surface area contributed by atoms with Gasteiger partial charge in [-0.15, -0.1) is 0 Å². The highest BCUT2D eigenvalue weighted by molar-refractivity contribution is 5.57. The molecule has 11 heavy (non-hydrogen) atoms. The van der Waals surface area contributed by atoms with Crippen LogP contribution in [0.4, 0.5) is 0 Å². The molecular weight excluding hydrogens is 152 g/mol. The van der Waals surface area contributed by atoms with E-state index in [2.05, 4.69) is 4.74 Å². The topological polar surface area (TPSA) is 83.8 Å². The fourth-order valence-corrected chi connectivity index (χ4v) is 0.400. The van der Waals surface area contributed by atoms with Crippen LogP contribution in [0, 0.1) is 0 Å². The summed E-state index contributed by atoms with van der Waals surface area (Å²) in [4.78, 5) is 19.8. The molecule has 2 N–H and O–H groups in total. The summed E-state index contributed by atoms with van der Waals surface area (Å²) in [6.45, 7) is 1.38. The minimum Gasteiger partial charge on any atom is -0.380 e. The first-order valence-corrected chi connectivity index (χ1v) is 3.04. The maximum atomic E-state index is 9.95. The zero-order valence-electron chi connectivity index (χ0n) is 6.01. The van der Waals surface area contributed by atoms with Crippen molar-refractivity contribution in [3.63, 3.8) is 0 Å². The highest BCUT2D eigenvalue weighted by atomic mass is 16.6. The van der Waals surface area contributed by atoms with Gasteiger partial charge in [0.15, 0.2) is 18.7 Å². The summed E-state index contributed by atoms with van der Waals surface area (Å²) in [5, 5.41) is 17.4. The number of carbonyl (C=O) groups excluding carboxylic acids is 2. The molecule has 0 radical (unpaired) electrons. The molecule has 3 unspecified atom stereocenters. The number of aliphatic hydroxyl groups excluding tert-OH is 2. The molecule has 0 aliphatic heterocycles. The zero-order valence-corrected chi connectivity index (χ0v) is 6.01. The van der Waals surface area contributed by atoms with Crippen LogP contribution >= 0.6 is 0 Å². The summed E-state index contributed by atoms with van der Waals surface area (Å²) < 4.78 is 4.46. The number of carbonyl (C=O) groups is 2. The van der Waals surface area contributed by atoms with E-state index in [4.69, 9.17) is 10.2 Å². The molecular formula is C6H10O5. The summed E-state index contributed by atoms with van der Waals surface area (Å²) in [5.74, 6) is 0. The summed E-state index contributed by atoms with van der Waals surface area (Å²) in [5.41, 5.74) is 0. The van der Waals surface area contributed by atoms with Crippen molar-refractivity contribution in [2.45, 2.75) is 25.4 Å². The molecule has 0 aliphatic carbocycles. The number of rotatable bonds is 5. The third kappa shape index (κ3) is 3.82. The first-order chi connectivity index (χ1) is 5.11. The van der Waals surface area contributed by atoms with Crippen LogP contribution in [0.5, 0.6) is 0 Å². The molecule has 0 amide bonds. The summed E-state index contributed by atoms with van der Waals surface area (Å²) >= 11 is 0. The van der Waals surface area contributed by atoms with Crippen molar-refractivity contribution in [2.75, 3.05) is 0 Å². The van der Waals surface area contributed by atoms with E-state index in [1.807, 2.05) is 0 Å². The van der Waals surface area contributed by atoms with Gasteiger partial charge in [-0.2, -0.15) is 0 Å². The van der Waals surface area contributed by atoms with Crippen LogP contribution in [-0.2, 0) is 14.3 Å². The van der Waals surface area contributed by atoms with E-state index < -0.39 is 18.5 Å². The number of ether oxygens (including phenoxy) is 1. The lowest BCUT2D eigenvalue weighted by molar-refractivity contribution is -0.181. The third-order valence-electron chi connectivity index (χ3n) is 0.977. The predicted molar refractivity (Wildman–Crippen MR) is 34.7 cm³/mol. The molecule has 3 atom stereocenters. The van der Waals surface area contributed by atoms with E-state index in [-0.39, 0.29) is 6.29 Å². The second-order valence-corrected chi connectivity index (χ2v) is 1.99. The third-order valence-corrected chi connectivity index (χ3v) is 0.977. The second-order valence-electron chi connectivity index (χ2n) is 1.99. The van der Waals surface area contributed by atoms with Crippen molar-refractivity contribution in [1.29, 1.82) is 0 Å². The smallest absolute Gasteiger partial charge is 0.188 e.